The van der Waals surface area contributed by atoms with Crippen LogP contribution in [-0.4, -0.2) is 39.6 Å². The smallest absolute Gasteiger partial charge is 0.0466 e. The summed E-state index contributed by atoms with van der Waals surface area (Å²) in [5.41, 5.74) is 0. The average molecular weight is 300 g/mol. The van der Waals surface area contributed by atoms with Gasteiger partial charge in [-0.05, 0) is 57.8 Å². The zero-order chi connectivity index (χ0) is 14.8. The van der Waals surface area contributed by atoms with Crippen molar-refractivity contribution in [2.45, 2.75) is 77.0 Å². The molecule has 4 rings (SSSR count). The van der Waals surface area contributed by atoms with Crippen molar-refractivity contribution in [3.05, 3.63) is 0 Å². The zero-order valence-corrected chi connectivity index (χ0v) is 14.0. The molecule has 4 fully saturated rings. The van der Waals surface area contributed by atoms with Crippen molar-refractivity contribution >= 4 is 0 Å². The Morgan fingerprint density at radius 2 is 0.429 bits per heavy atom. The molecular formula is C18H36O3. The zero-order valence-electron chi connectivity index (χ0n) is 14.0. The first kappa shape index (κ1) is 18.9. The first-order valence-corrected chi connectivity index (χ1v) is 9.23. The third-order valence-corrected chi connectivity index (χ3v) is 3.59. The van der Waals surface area contributed by atoms with Crippen LogP contribution in [0.4, 0.5) is 0 Å². The topological polar surface area (TPSA) is 27.7 Å². The molecule has 126 valence electrons. The highest BCUT2D eigenvalue weighted by Gasteiger charge is 1.96. The van der Waals surface area contributed by atoms with Gasteiger partial charge in [0.25, 0.3) is 0 Å². The van der Waals surface area contributed by atoms with Crippen molar-refractivity contribution < 1.29 is 14.2 Å². The molecule has 0 N–H and O–H groups in total. The minimum Gasteiger partial charge on any atom is -0.381 e. The highest BCUT2D eigenvalue weighted by molar-refractivity contribution is 4.50. The second-order valence-corrected chi connectivity index (χ2v) is 6.08. The molecule has 0 aromatic carbocycles. The molecule has 3 heteroatoms. The van der Waals surface area contributed by atoms with Crippen LogP contribution < -0.4 is 0 Å². The lowest BCUT2D eigenvalue weighted by Crippen LogP contribution is -2.03. The summed E-state index contributed by atoms with van der Waals surface area (Å²) >= 11 is 0. The summed E-state index contributed by atoms with van der Waals surface area (Å²) in [5, 5.41) is 0. The van der Waals surface area contributed by atoms with E-state index in [1.165, 1.54) is 77.0 Å². The minimum absolute atomic E-state index is 1.00. The second-order valence-electron chi connectivity index (χ2n) is 6.08. The van der Waals surface area contributed by atoms with Gasteiger partial charge in [0.15, 0.2) is 0 Å². The number of ether oxygens (including phenoxy) is 3. The van der Waals surface area contributed by atoms with Crippen molar-refractivity contribution in [2.75, 3.05) is 39.6 Å². The highest BCUT2D eigenvalue weighted by atomic mass is 16.5. The molecule has 4 aliphatic rings. The molecule has 3 aliphatic heterocycles. The third-order valence-electron chi connectivity index (χ3n) is 3.59. The first-order chi connectivity index (χ1) is 10.5. The SMILES string of the molecule is C1CC1.C1CCOCC1.C1CCOCC1.C1CCOCC1. The molecule has 3 saturated heterocycles. The summed E-state index contributed by atoms with van der Waals surface area (Å²) in [6.45, 7) is 6.00. The Labute approximate surface area is 131 Å². The van der Waals surface area contributed by atoms with E-state index >= 15 is 0 Å². The monoisotopic (exact) mass is 300 g/mol. The lowest BCUT2D eigenvalue weighted by Gasteiger charge is -2.08. The fraction of sp³-hybridized carbons (Fsp3) is 1.00. The van der Waals surface area contributed by atoms with Crippen LogP contribution in [0.3, 0.4) is 0 Å². The van der Waals surface area contributed by atoms with Gasteiger partial charge in [-0.1, -0.05) is 19.3 Å². The Kier molecular flexibility index (Phi) is 14.7. The third kappa shape index (κ3) is 17.8. The van der Waals surface area contributed by atoms with E-state index in [1.54, 1.807) is 0 Å². The van der Waals surface area contributed by atoms with E-state index in [0.717, 1.165) is 39.6 Å². The van der Waals surface area contributed by atoms with Gasteiger partial charge in [-0.15, -0.1) is 0 Å². The van der Waals surface area contributed by atoms with Crippen LogP contribution in [-0.2, 0) is 14.2 Å². The molecule has 1 aliphatic carbocycles. The van der Waals surface area contributed by atoms with Gasteiger partial charge in [0, 0.05) is 39.6 Å². The lowest BCUT2D eigenvalue weighted by molar-refractivity contribution is 0.0967. The summed E-state index contributed by atoms with van der Waals surface area (Å²) in [6, 6.07) is 0. The van der Waals surface area contributed by atoms with Crippen LogP contribution in [0.2, 0.25) is 0 Å². The standard InChI is InChI=1S/3C5H10O.C3H6/c3*1-2-4-6-5-3-1;1-2-3-1/h3*1-5H2;1-3H2. The van der Waals surface area contributed by atoms with Crippen molar-refractivity contribution in [3.8, 4) is 0 Å². The summed E-state index contributed by atoms with van der Waals surface area (Å²) in [6.07, 6.45) is 16.3. The molecule has 0 aromatic rings. The molecular weight excluding hydrogens is 264 g/mol. The van der Waals surface area contributed by atoms with E-state index in [-0.39, 0.29) is 0 Å². The van der Waals surface area contributed by atoms with Gasteiger partial charge in [-0.2, -0.15) is 0 Å². The Hall–Kier alpha value is -0.120. The van der Waals surface area contributed by atoms with Gasteiger partial charge in [0.2, 0.25) is 0 Å². The lowest BCUT2D eigenvalue weighted by atomic mass is 10.2. The van der Waals surface area contributed by atoms with E-state index in [0.29, 0.717) is 0 Å². The van der Waals surface area contributed by atoms with E-state index in [4.69, 9.17) is 14.2 Å². The van der Waals surface area contributed by atoms with Crippen molar-refractivity contribution in [1.29, 1.82) is 0 Å². The van der Waals surface area contributed by atoms with Crippen LogP contribution in [0.1, 0.15) is 77.0 Å². The fourth-order valence-electron chi connectivity index (χ4n) is 2.06. The molecule has 0 bridgehead atoms. The molecule has 0 spiro atoms. The molecule has 0 amide bonds. The molecule has 3 heterocycles. The van der Waals surface area contributed by atoms with E-state index in [2.05, 4.69) is 0 Å². The van der Waals surface area contributed by atoms with Gasteiger partial charge in [-0.3, -0.25) is 0 Å². The molecule has 0 aromatic heterocycles. The van der Waals surface area contributed by atoms with Crippen molar-refractivity contribution in [1.82, 2.24) is 0 Å². The van der Waals surface area contributed by atoms with Crippen molar-refractivity contribution in [3.63, 3.8) is 0 Å². The summed E-state index contributed by atoms with van der Waals surface area (Å²) < 4.78 is 15.2. The van der Waals surface area contributed by atoms with Gasteiger partial charge >= 0.3 is 0 Å². The van der Waals surface area contributed by atoms with E-state index in [9.17, 15) is 0 Å². The largest absolute Gasteiger partial charge is 0.381 e. The maximum absolute atomic E-state index is 5.07. The maximum atomic E-state index is 5.07. The molecule has 0 atom stereocenters. The van der Waals surface area contributed by atoms with Crippen LogP contribution in [0.5, 0.6) is 0 Å². The maximum Gasteiger partial charge on any atom is 0.0466 e. The minimum atomic E-state index is 1.00. The quantitative estimate of drug-likeness (QED) is 0.647. The van der Waals surface area contributed by atoms with Gasteiger partial charge in [0.1, 0.15) is 0 Å². The van der Waals surface area contributed by atoms with Gasteiger partial charge in [0.05, 0.1) is 0 Å². The first-order valence-electron chi connectivity index (χ1n) is 9.23. The molecule has 3 nitrogen and oxygen atoms in total. The normalized spacial score (nSPS) is 24.0. The van der Waals surface area contributed by atoms with Crippen LogP contribution in [0.15, 0.2) is 0 Å². The average Bonchev–Trinajstić information content (AvgIpc) is 3.50. The van der Waals surface area contributed by atoms with Crippen LogP contribution in [0.25, 0.3) is 0 Å². The number of hydrogen-bond donors (Lipinski definition) is 0. The molecule has 21 heavy (non-hydrogen) atoms. The second kappa shape index (κ2) is 16.3. The Balaban J connectivity index is 0.000000143. The Bertz CT molecular complexity index is 117. The number of hydrogen-bond acceptors (Lipinski definition) is 3. The van der Waals surface area contributed by atoms with Crippen molar-refractivity contribution in [2.24, 2.45) is 0 Å². The summed E-state index contributed by atoms with van der Waals surface area (Å²) in [5.74, 6) is 0. The predicted octanol–water partition coefficient (Wildman–Crippen LogP) is 4.73. The molecule has 1 saturated carbocycles. The predicted molar refractivity (Wildman–Crippen MR) is 87.9 cm³/mol. The molecule has 0 unspecified atom stereocenters. The van der Waals surface area contributed by atoms with E-state index < -0.39 is 0 Å². The van der Waals surface area contributed by atoms with E-state index in [1.807, 2.05) is 0 Å². The van der Waals surface area contributed by atoms with Gasteiger partial charge < -0.3 is 14.2 Å². The fourth-order valence-corrected chi connectivity index (χ4v) is 2.06. The van der Waals surface area contributed by atoms with Crippen LogP contribution in [0, 0.1) is 0 Å². The molecule has 0 radical (unpaired) electrons. The summed E-state index contributed by atoms with van der Waals surface area (Å²) in [4.78, 5) is 0. The Morgan fingerprint density at radius 3 is 0.476 bits per heavy atom. The van der Waals surface area contributed by atoms with Gasteiger partial charge in [-0.25, -0.2) is 0 Å². The summed E-state index contributed by atoms with van der Waals surface area (Å²) in [7, 11) is 0. The number of rotatable bonds is 0. The van der Waals surface area contributed by atoms with Crippen LogP contribution >= 0.6 is 0 Å². The highest BCUT2D eigenvalue weighted by Crippen LogP contribution is 2.14. The Morgan fingerprint density at radius 1 is 0.238 bits per heavy atom.